The highest BCUT2D eigenvalue weighted by molar-refractivity contribution is 5.76. The number of amides is 1. The zero-order valence-corrected chi connectivity index (χ0v) is 21.2. The summed E-state index contributed by atoms with van der Waals surface area (Å²) in [5.41, 5.74) is 4.42. The summed E-state index contributed by atoms with van der Waals surface area (Å²) >= 11 is 0. The van der Waals surface area contributed by atoms with Gasteiger partial charge in [0, 0.05) is 25.2 Å². The van der Waals surface area contributed by atoms with E-state index in [1.807, 2.05) is 39.6 Å². The normalized spacial score (nSPS) is 27.7. The Bertz CT molecular complexity index is 736. The van der Waals surface area contributed by atoms with Crippen molar-refractivity contribution >= 4 is 5.91 Å². The van der Waals surface area contributed by atoms with Crippen LogP contribution in [-0.2, 0) is 17.6 Å². The molecule has 1 amide bonds. The summed E-state index contributed by atoms with van der Waals surface area (Å²) in [5.74, 6) is 0.803. The van der Waals surface area contributed by atoms with Crippen molar-refractivity contribution in [1.82, 2.24) is 20.4 Å². The summed E-state index contributed by atoms with van der Waals surface area (Å²) in [5, 5.41) is 11.9. The lowest BCUT2D eigenvalue weighted by molar-refractivity contribution is -0.131. The first-order valence-electron chi connectivity index (χ1n) is 12.6. The van der Waals surface area contributed by atoms with Gasteiger partial charge in [0.05, 0.1) is 17.8 Å². The molecule has 2 N–H and O–H groups in total. The van der Waals surface area contributed by atoms with E-state index in [9.17, 15) is 4.79 Å². The van der Waals surface area contributed by atoms with E-state index in [4.69, 9.17) is 5.10 Å². The van der Waals surface area contributed by atoms with Crippen LogP contribution in [0.15, 0.2) is 12.2 Å². The van der Waals surface area contributed by atoms with Crippen molar-refractivity contribution in [2.75, 3.05) is 7.05 Å². The Kier molecular flexibility index (Phi) is 9.35. The Hall–Kier alpha value is -1.62. The lowest BCUT2D eigenvalue weighted by Crippen LogP contribution is -2.43. The maximum Gasteiger partial charge on any atom is 0.222 e. The smallest absolute Gasteiger partial charge is 0.222 e. The van der Waals surface area contributed by atoms with Gasteiger partial charge < -0.3 is 10.2 Å². The first kappa shape index (κ1) is 25.6. The molecule has 31 heavy (non-hydrogen) atoms. The van der Waals surface area contributed by atoms with Crippen LogP contribution in [0.4, 0.5) is 0 Å². The van der Waals surface area contributed by atoms with Crippen molar-refractivity contribution in [2.24, 2.45) is 11.3 Å². The molecule has 0 radical (unpaired) electrons. The Morgan fingerprint density at radius 3 is 2.58 bits per heavy atom. The first-order valence-corrected chi connectivity index (χ1v) is 12.6. The van der Waals surface area contributed by atoms with Gasteiger partial charge in [-0.3, -0.25) is 9.89 Å². The molecule has 3 aliphatic rings. The number of carbonyl (C=O) groups excluding carboxylic acids is 1. The number of H-pyrrole nitrogens is 1. The minimum Gasteiger partial charge on any atom is -0.339 e. The molecule has 0 aromatic carbocycles. The van der Waals surface area contributed by atoms with Crippen molar-refractivity contribution in [3.63, 3.8) is 0 Å². The number of hydrogen-bond donors (Lipinski definition) is 2. The summed E-state index contributed by atoms with van der Waals surface area (Å²) in [6.07, 6.45) is 11.7. The van der Waals surface area contributed by atoms with E-state index in [0.29, 0.717) is 29.8 Å². The SMILES string of the molecule is CC.CC.CCCC(=O)N(C)C1C=CC2CC(c3n[nH]c4c3CCC(C)(C)C4)NC2C1. The fourth-order valence-corrected chi connectivity index (χ4v) is 5.17. The standard InChI is InChI=1S/C22H34N4O.2C2H6/c1-5-6-20(27)26(4)15-8-7-14-11-18(23-17(14)12-15)21-16-9-10-22(2,3)13-19(16)24-25-21;2*1-2/h7-8,14-15,17-18,23H,5-6,9-13H2,1-4H3,(H,24,25);2*1-2H3. The van der Waals surface area contributed by atoms with Crippen molar-refractivity contribution in [3.05, 3.63) is 29.1 Å². The van der Waals surface area contributed by atoms with Gasteiger partial charge in [-0.1, -0.05) is 60.6 Å². The van der Waals surface area contributed by atoms with Crippen molar-refractivity contribution in [2.45, 2.75) is 112 Å². The number of rotatable bonds is 4. The molecule has 1 aromatic rings. The highest BCUT2D eigenvalue weighted by Gasteiger charge is 2.40. The number of aromatic amines is 1. The molecule has 1 fully saturated rings. The fraction of sp³-hybridized carbons (Fsp3) is 0.769. The molecule has 4 atom stereocenters. The second-order valence-electron chi connectivity index (χ2n) is 9.57. The number of hydrogen-bond acceptors (Lipinski definition) is 3. The average molecular weight is 431 g/mol. The van der Waals surface area contributed by atoms with E-state index < -0.39 is 0 Å². The van der Waals surface area contributed by atoms with Gasteiger partial charge in [0.2, 0.25) is 5.91 Å². The molecule has 0 saturated carbocycles. The number of aromatic nitrogens is 2. The second-order valence-corrected chi connectivity index (χ2v) is 9.57. The summed E-state index contributed by atoms with van der Waals surface area (Å²) in [4.78, 5) is 14.2. The zero-order valence-electron chi connectivity index (χ0n) is 21.2. The average Bonchev–Trinajstić information content (AvgIpc) is 3.38. The molecule has 5 heteroatoms. The van der Waals surface area contributed by atoms with E-state index in [0.717, 1.165) is 32.1 Å². The van der Waals surface area contributed by atoms with E-state index >= 15 is 0 Å². The van der Waals surface area contributed by atoms with Crippen LogP contribution in [0.5, 0.6) is 0 Å². The van der Waals surface area contributed by atoms with Gasteiger partial charge in [0.25, 0.3) is 0 Å². The van der Waals surface area contributed by atoms with E-state index in [-0.39, 0.29) is 11.9 Å². The topological polar surface area (TPSA) is 61.0 Å². The van der Waals surface area contributed by atoms with E-state index in [1.54, 1.807) is 0 Å². The van der Waals surface area contributed by atoms with Gasteiger partial charge in [0.15, 0.2) is 0 Å². The summed E-state index contributed by atoms with van der Waals surface area (Å²) in [7, 11) is 1.95. The van der Waals surface area contributed by atoms with Gasteiger partial charge in [-0.2, -0.15) is 5.10 Å². The van der Waals surface area contributed by atoms with Gasteiger partial charge in [-0.05, 0) is 55.4 Å². The largest absolute Gasteiger partial charge is 0.339 e. The number of likely N-dealkylation sites (N-methyl/N-ethyl adjacent to an activating group) is 1. The van der Waals surface area contributed by atoms with Crippen LogP contribution in [0.25, 0.3) is 0 Å². The third-order valence-corrected chi connectivity index (χ3v) is 6.89. The van der Waals surface area contributed by atoms with Crippen molar-refractivity contribution < 1.29 is 4.79 Å². The lowest BCUT2D eigenvalue weighted by Gasteiger charge is -2.33. The van der Waals surface area contributed by atoms with Gasteiger partial charge in [-0.15, -0.1) is 0 Å². The minimum atomic E-state index is 0.213. The molecule has 4 rings (SSSR count). The van der Waals surface area contributed by atoms with Gasteiger partial charge in [-0.25, -0.2) is 0 Å². The number of fused-ring (bicyclic) bond motifs is 2. The Morgan fingerprint density at radius 2 is 1.90 bits per heavy atom. The molecule has 2 heterocycles. The van der Waals surface area contributed by atoms with Crippen LogP contribution in [0.1, 0.15) is 104 Å². The Labute approximate surface area is 190 Å². The molecule has 0 bridgehead atoms. The summed E-state index contributed by atoms with van der Waals surface area (Å²) < 4.78 is 0. The van der Waals surface area contributed by atoms with Crippen LogP contribution in [0, 0.1) is 11.3 Å². The van der Waals surface area contributed by atoms with E-state index in [1.165, 1.54) is 23.4 Å². The molecule has 176 valence electrons. The van der Waals surface area contributed by atoms with Gasteiger partial charge >= 0.3 is 0 Å². The molecule has 0 spiro atoms. The molecular weight excluding hydrogens is 384 g/mol. The lowest BCUT2D eigenvalue weighted by atomic mass is 9.76. The molecule has 1 aliphatic heterocycles. The molecule has 4 unspecified atom stereocenters. The maximum atomic E-state index is 12.3. The van der Waals surface area contributed by atoms with Crippen LogP contribution in [-0.4, -0.2) is 40.1 Å². The van der Waals surface area contributed by atoms with E-state index in [2.05, 4.69) is 43.3 Å². The zero-order chi connectivity index (χ0) is 23.2. The quantitative estimate of drug-likeness (QED) is 0.613. The van der Waals surface area contributed by atoms with Crippen LogP contribution < -0.4 is 5.32 Å². The predicted octanol–water partition coefficient (Wildman–Crippen LogP) is 5.58. The Morgan fingerprint density at radius 1 is 1.19 bits per heavy atom. The summed E-state index contributed by atoms with van der Waals surface area (Å²) in [6.45, 7) is 14.8. The Balaban J connectivity index is 0.000000807. The van der Waals surface area contributed by atoms with Crippen LogP contribution in [0.2, 0.25) is 0 Å². The number of nitrogens with one attached hydrogen (secondary N) is 2. The van der Waals surface area contributed by atoms with Crippen LogP contribution >= 0.6 is 0 Å². The highest BCUT2D eigenvalue weighted by Crippen LogP contribution is 2.41. The predicted molar refractivity (Wildman–Crippen MR) is 130 cm³/mol. The number of carbonyl (C=O) groups is 1. The molecule has 1 aromatic heterocycles. The summed E-state index contributed by atoms with van der Waals surface area (Å²) in [6, 6.07) is 0.987. The highest BCUT2D eigenvalue weighted by atomic mass is 16.2. The molecule has 2 aliphatic carbocycles. The second kappa shape index (κ2) is 11.3. The third kappa shape index (κ3) is 5.79. The molecule has 1 saturated heterocycles. The minimum absolute atomic E-state index is 0.213. The fourth-order valence-electron chi connectivity index (χ4n) is 5.17. The number of nitrogens with zero attached hydrogens (tertiary/aromatic N) is 2. The molecular formula is C26H46N4O. The van der Waals surface area contributed by atoms with Crippen molar-refractivity contribution in [3.8, 4) is 0 Å². The van der Waals surface area contributed by atoms with Crippen molar-refractivity contribution in [1.29, 1.82) is 0 Å². The van der Waals surface area contributed by atoms with Gasteiger partial charge in [0.1, 0.15) is 0 Å². The maximum absolute atomic E-state index is 12.3. The monoisotopic (exact) mass is 430 g/mol. The first-order chi connectivity index (χ1) is 14.9. The van der Waals surface area contributed by atoms with Crippen LogP contribution in [0.3, 0.4) is 0 Å². The molecule has 5 nitrogen and oxygen atoms in total. The third-order valence-electron chi connectivity index (χ3n) is 6.89.